The molecule has 0 saturated carbocycles. The summed E-state index contributed by atoms with van der Waals surface area (Å²) in [6.45, 7) is 1.09. The minimum Gasteiger partial charge on any atom is -0.465 e. The summed E-state index contributed by atoms with van der Waals surface area (Å²) < 4.78 is 0. The van der Waals surface area contributed by atoms with Gasteiger partial charge in [-0.15, -0.1) is 0 Å². The van der Waals surface area contributed by atoms with Crippen molar-refractivity contribution < 1.29 is 9.90 Å². The Morgan fingerprint density at radius 1 is 1.53 bits per heavy atom. The Balaban J connectivity index is 1.88. The minimum atomic E-state index is -0.853. The molecule has 1 aromatic heterocycles. The van der Waals surface area contributed by atoms with Crippen molar-refractivity contribution in [3.05, 3.63) is 17.5 Å². The normalized spacial score (nSPS) is 16.9. The van der Waals surface area contributed by atoms with Crippen LogP contribution in [0.5, 0.6) is 0 Å². The lowest BCUT2D eigenvalue weighted by Crippen LogP contribution is -2.41. The predicted molar refractivity (Wildman–Crippen MR) is 63.3 cm³/mol. The highest BCUT2D eigenvalue weighted by molar-refractivity contribution is 6.28. The third-order valence-electron chi connectivity index (χ3n) is 2.74. The molecule has 0 unspecified atom stereocenters. The zero-order valence-electron chi connectivity index (χ0n) is 9.14. The molecule has 2 rings (SSSR count). The first-order valence-electron chi connectivity index (χ1n) is 5.38. The first kappa shape index (κ1) is 11.9. The largest absolute Gasteiger partial charge is 0.465 e. The monoisotopic (exact) mass is 256 g/mol. The predicted octanol–water partition coefficient (Wildman–Crippen LogP) is 1.68. The number of anilines is 1. The second-order valence-electron chi connectivity index (χ2n) is 3.90. The van der Waals surface area contributed by atoms with Gasteiger partial charge < -0.3 is 15.3 Å². The summed E-state index contributed by atoms with van der Waals surface area (Å²) in [5.41, 5.74) is 0. The number of nitrogens with one attached hydrogen (secondary N) is 1. The van der Waals surface area contributed by atoms with Crippen LogP contribution in [-0.2, 0) is 0 Å². The highest BCUT2D eigenvalue weighted by Gasteiger charge is 2.22. The van der Waals surface area contributed by atoms with Gasteiger partial charge >= 0.3 is 6.09 Å². The summed E-state index contributed by atoms with van der Waals surface area (Å²) in [5, 5.41) is 12.3. The molecule has 0 spiro atoms. The van der Waals surface area contributed by atoms with Crippen molar-refractivity contribution in [3.8, 4) is 0 Å². The SMILES string of the molecule is O=C(O)N1CCC(Nc2ccnc(Cl)n2)CC1. The van der Waals surface area contributed by atoms with Crippen molar-refractivity contribution >= 4 is 23.5 Å². The van der Waals surface area contributed by atoms with Gasteiger partial charge in [-0.3, -0.25) is 0 Å². The number of hydrogen-bond acceptors (Lipinski definition) is 4. The highest BCUT2D eigenvalue weighted by Crippen LogP contribution is 2.15. The van der Waals surface area contributed by atoms with Gasteiger partial charge in [-0.05, 0) is 30.5 Å². The number of carboxylic acid groups (broad SMARTS) is 1. The van der Waals surface area contributed by atoms with E-state index in [4.69, 9.17) is 16.7 Å². The van der Waals surface area contributed by atoms with Gasteiger partial charge in [0.05, 0.1) is 0 Å². The lowest BCUT2D eigenvalue weighted by Gasteiger charge is -2.30. The number of carbonyl (C=O) groups is 1. The van der Waals surface area contributed by atoms with Crippen LogP contribution in [0, 0.1) is 0 Å². The number of nitrogens with zero attached hydrogens (tertiary/aromatic N) is 3. The Morgan fingerprint density at radius 2 is 2.24 bits per heavy atom. The zero-order chi connectivity index (χ0) is 12.3. The number of piperidine rings is 1. The van der Waals surface area contributed by atoms with Crippen LogP contribution in [-0.4, -0.2) is 45.2 Å². The molecule has 0 radical (unpaired) electrons. The summed E-state index contributed by atoms with van der Waals surface area (Å²) in [7, 11) is 0. The van der Waals surface area contributed by atoms with Crippen LogP contribution in [0.25, 0.3) is 0 Å². The van der Waals surface area contributed by atoms with Gasteiger partial charge in [-0.2, -0.15) is 0 Å². The lowest BCUT2D eigenvalue weighted by molar-refractivity contribution is 0.134. The smallest absolute Gasteiger partial charge is 0.407 e. The molecular formula is C10H13ClN4O2. The van der Waals surface area contributed by atoms with Gasteiger partial charge in [0, 0.05) is 25.3 Å². The van der Waals surface area contributed by atoms with Crippen LogP contribution in [0.3, 0.4) is 0 Å². The second-order valence-corrected chi connectivity index (χ2v) is 4.24. The van der Waals surface area contributed by atoms with Crippen LogP contribution < -0.4 is 5.32 Å². The molecule has 1 saturated heterocycles. The van der Waals surface area contributed by atoms with Crippen molar-refractivity contribution in [1.29, 1.82) is 0 Å². The van der Waals surface area contributed by atoms with E-state index < -0.39 is 6.09 Å². The average Bonchev–Trinajstić information content (AvgIpc) is 2.29. The lowest BCUT2D eigenvalue weighted by atomic mass is 10.1. The number of rotatable bonds is 2. The standard InChI is InChI=1S/C10H13ClN4O2/c11-9-12-4-1-8(14-9)13-7-2-5-15(6-3-7)10(16)17/h1,4,7H,2-3,5-6H2,(H,16,17)(H,12,13,14). The molecule has 1 aliphatic heterocycles. The molecule has 2 heterocycles. The topological polar surface area (TPSA) is 78.4 Å². The minimum absolute atomic E-state index is 0.206. The van der Waals surface area contributed by atoms with Crippen molar-refractivity contribution in [1.82, 2.24) is 14.9 Å². The van der Waals surface area contributed by atoms with E-state index >= 15 is 0 Å². The Morgan fingerprint density at radius 3 is 2.82 bits per heavy atom. The fraction of sp³-hybridized carbons (Fsp3) is 0.500. The summed E-state index contributed by atoms with van der Waals surface area (Å²) in [6, 6.07) is 1.98. The number of aromatic nitrogens is 2. The Kier molecular flexibility index (Phi) is 3.63. The molecule has 0 aromatic carbocycles. The molecule has 0 aliphatic carbocycles. The van der Waals surface area contributed by atoms with Crippen molar-refractivity contribution in [2.45, 2.75) is 18.9 Å². The molecule has 0 atom stereocenters. The van der Waals surface area contributed by atoms with Crippen molar-refractivity contribution in [2.75, 3.05) is 18.4 Å². The number of hydrogen-bond donors (Lipinski definition) is 2. The second kappa shape index (κ2) is 5.18. The summed E-state index contributed by atoms with van der Waals surface area (Å²) >= 11 is 5.68. The van der Waals surface area contributed by atoms with Crippen LogP contribution in [0.2, 0.25) is 5.28 Å². The number of halogens is 1. The van der Waals surface area contributed by atoms with Crippen LogP contribution in [0.1, 0.15) is 12.8 Å². The molecule has 1 aliphatic rings. The van der Waals surface area contributed by atoms with Crippen LogP contribution in [0.15, 0.2) is 12.3 Å². The first-order chi connectivity index (χ1) is 8.15. The summed E-state index contributed by atoms with van der Waals surface area (Å²) in [6.07, 6.45) is 2.28. The fourth-order valence-electron chi connectivity index (χ4n) is 1.84. The molecule has 6 nitrogen and oxygen atoms in total. The van der Waals surface area contributed by atoms with E-state index in [1.165, 1.54) is 4.90 Å². The van der Waals surface area contributed by atoms with E-state index in [0.29, 0.717) is 18.9 Å². The molecule has 1 aromatic rings. The van der Waals surface area contributed by atoms with Crippen LogP contribution >= 0.6 is 11.6 Å². The van der Waals surface area contributed by atoms with Gasteiger partial charge in [-0.1, -0.05) is 0 Å². The van der Waals surface area contributed by atoms with Crippen molar-refractivity contribution in [2.24, 2.45) is 0 Å². The number of amides is 1. The zero-order valence-corrected chi connectivity index (χ0v) is 9.89. The molecule has 2 N–H and O–H groups in total. The molecule has 92 valence electrons. The van der Waals surface area contributed by atoms with Crippen molar-refractivity contribution in [3.63, 3.8) is 0 Å². The maximum atomic E-state index is 10.7. The van der Waals surface area contributed by atoms with E-state index in [0.717, 1.165) is 12.8 Å². The maximum Gasteiger partial charge on any atom is 0.407 e. The van der Waals surface area contributed by atoms with Gasteiger partial charge in [0.1, 0.15) is 5.82 Å². The Hall–Kier alpha value is -1.56. The van der Waals surface area contributed by atoms with Gasteiger partial charge in [-0.25, -0.2) is 14.8 Å². The van der Waals surface area contributed by atoms with Gasteiger partial charge in [0.15, 0.2) is 0 Å². The van der Waals surface area contributed by atoms with E-state index in [1.807, 2.05) is 0 Å². The van der Waals surface area contributed by atoms with E-state index in [-0.39, 0.29) is 11.3 Å². The third-order valence-corrected chi connectivity index (χ3v) is 2.93. The fourth-order valence-corrected chi connectivity index (χ4v) is 1.99. The van der Waals surface area contributed by atoms with Crippen LogP contribution in [0.4, 0.5) is 10.6 Å². The molecule has 17 heavy (non-hydrogen) atoms. The highest BCUT2D eigenvalue weighted by atomic mass is 35.5. The molecule has 7 heteroatoms. The molecule has 1 amide bonds. The van der Waals surface area contributed by atoms with E-state index in [9.17, 15) is 4.79 Å². The Bertz CT molecular complexity index is 407. The Labute approximate surface area is 104 Å². The molecular weight excluding hydrogens is 244 g/mol. The molecule has 0 bridgehead atoms. The van der Waals surface area contributed by atoms with Gasteiger partial charge in [0.25, 0.3) is 0 Å². The van der Waals surface area contributed by atoms with Gasteiger partial charge in [0.2, 0.25) is 5.28 Å². The average molecular weight is 257 g/mol. The molecule has 1 fully saturated rings. The number of likely N-dealkylation sites (tertiary alicyclic amines) is 1. The summed E-state index contributed by atoms with van der Waals surface area (Å²) in [4.78, 5) is 20.0. The first-order valence-corrected chi connectivity index (χ1v) is 5.76. The third kappa shape index (κ3) is 3.20. The van der Waals surface area contributed by atoms with E-state index in [1.54, 1.807) is 12.3 Å². The quantitative estimate of drug-likeness (QED) is 0.787. The van der Waals surface area contributed by atoms with E-state index in [2.05, 4.69) is 15.3 Å². The summed E-state index contributed by atoms with van der Waals surface area (Å²) in [5.74, 6) is 0.679. The maximum absolute atomic E-state index is 10.7.